The molecule has 0 amide bonds. The van der Waals surface area contributed by atoms with Crippen LogP contribution >= 0.6 is 11.3 Å². The van der Waals surface area contributed by atoms with E-state index in [0.29, 0.717) is 12.0 Å². The highest BCUT2D eigenvalue weighted by molar-refractivity contribution is 7.09. The van der Waals surface area contributed by atoms with Crippen LogP contribution in [0.25, 0.3) is 0 Å². The Kier molecular flexibility index (Phi) is 3.61. The van der Waals surface area contributed by atoms with Gasteiger partial charge in [0.15, 0.2) is 0 Å². The van der Waals surface area contributed by atoms with Crippen molar-refractivity contribution in [1.82, 2.24) is 25.1 Å². The lowest BCUT2D eigenvalue weighted by Gasteiger charge is -2.13. The SMILES string of the molecule is CC[C@H](NCc1nnc(C2CC2)n1C)c1nccs1. The lowest BCUT2D eigenvalue weighted by molar-refractivity contribution is 0.498. The molecule has 0 spiro atoms. The largest absolute Gasteiger partial charge is 0.317 e. The van der Waals surface area contributed by atoms with Crippen molar-refractivity contribution in [3.8, 4) is 0 Å². The van der Waals surface area contributed by atoms with Crippen molar-refractivity contribution in [3.05, 3.63) is 28.2 Å². The quantitative estimate of drug-likeness (QED) is 0.881. The van der Waals surface area contributed by atoms with Crippen molar-refractivity contribution in [1.29, 1.82) is 0 Å². The molecule has 3 rings (SSSR count). The molecule has 0 aromatic carbocycles. The fourth-order valence-electron chi connectivity index (χ4n) is 2.25. The molecule has 0 bridgehead atoms. The van der Waals surface area contributed by atoms with E-state index in [1.165, 1.54) is 12.8 Å². The first kappa shape index (κ1) is 12.7. The molecule has 1 aliphatic rings. The Morgan fingerprint density at radius 1 is 1.47 bits per heavy atom. The molecule has 2 heterocycles. The molecule has 6 heteroatoms. The molecule has 1 aliphatic carbocycles. The molecule has 19 heavy (non-hydrogen) atoms. The van der Waals surface area contributed by atoms with Crippen LogP contribution in [0.3, 0.4) is 0 Å². The minimum atomic E-state index is 0.307. The second-order valence-electron chi connectivity index (χ2n) is 5.02. The highest BCUT2D eigenvalue weighted by Crippen LogP contribution is 2.38. The Labute approximate surface area is 117 Å². The van der Waals surface area contributed by atoms with Gasteiger partial charge in [0.05, 0.1) is 12.6 Å². The van der Waals surface area contributed by atoms with Crippen molar-refractivity contribution in [2.24, 2.45) is 7.05 Å². The molecule has 1 atom stereocenters. The average molecular weight is 277 g/mol. The Balaban J connectivity index is 1.65. The van der Waals surface area contributed by atoms with Gasteiger partial charge in [-0.05, 0) is 19.3 Å². The van der Waals surface area contributed by atoms with Gasteiger partial charge in [0.25, 0.3) is 0 Å². The van der Waals surface area contributed by atoms with E-state index in [1.807, 2.05) is 11.6 Å². The fraction of sp³-hybridized carbons (Fsp3) is 0.615. The van der Waals surface area contributed by atoms with Crippen LogP contribution in [0.2, 0.25) is 0 Å². The Hall–Kier alpha value is -1.27. The van der Waals surface area contributed by atoms with Gasteiger partial charge in [-0.15, -0.1) is 21.5 Å². The highest BCUT2D eigenvalue weighted by atomic mass is 32.1. The fourth-order valence-corrected chi connectivity index (χ4v) is 3.05. The first-order chi connectivity index (χ1) is 9.29. The zero-order chi connectivity index (χ0) is 13.2. The molecule has 0 saturated heterocycles. The van der Waals surface area contributed by atoms with Crippen LogP contribution in [-0.2, 0) is 13.6 Å². The molecule has 0 unspecified atom stereocenters. The maximum atomic E-state index is 4.38. The molecule has 5 nitrogen and oxygen atoms in total. The topological polar surface area (TPSA) is 55.6 Å². The number of nitrogens with one attached hydrogen (secondary N) is 1. The monoisotopic (exact) mass is 277 g/mol. The Morgan fingerprint density at radius 3 is 2.95 bits per heavy atom. The van der Waals surface area contributed by atoms with Crippen molar-refractivity contribution in [2.45, 2.75) is 44.7 Å². The van der Waals surface area contributed by atoms with Crippen LogP contribution in [0, 0.1) is 0 Å². The summed E-state index contributed by atoms with van der Waals surface area (Å²) in [6, 6.07) is 0.307. The van der Waals surface area contributed by atoms with Crippen LogP contribution in [-0.4, -0.2) is 19.7 Å². The zero-order valence-electron chi connectivity index (χ0n) is 11.3. The van der Waals surface area contributed by atoms with Gasteiger partial charge in [0.2, 0.25) is 0 Å². The first-order valence-corrected chi connectivity index (χ1v) is 7.68. The van der Waals surface area contributed by atoms with Crippen molar-refractivity contribution in [2.75, 3.05) is 0 Å². The van der Waals surface area contributed by atoms with E-state index >= 15 is 0 Å². The molecule has 0 aliphatic heterocycles. The number of hydrogen-bond donors (Lipinski definition) is 1. The van der Waals surface area contributed by atoms with E-state index in [-0.39, 0.29) is 0 Å². The number of nitrogens with zero attached hydrogens (tertiary/aromatic N) is 4. The standard InChI is InChI=1S/C13H19N5S/c1-3-10(13-14-6-7-19-13)15-8-11-16-17-12(18(11)2)9-4-5-9/h6-7,9-10,15H,3-5,8H2,1-2H3/t10-/m0/s1. The molecule has 1 saturated carbocycles. The lowest BCUT2D eigenvalue weighted by atomic mass is 10.2. The molecule has 2 aromatic heterocycles. The molecule has 0 radical (unpaired) electrons. The van der Waals surface area contributed by atoms with Gasteiger partial charge in [-0.1, -0.05) is 6.92 Å². The molecular weight excluding hydrogens is 258 g/mol. The number of rotatable bonds is 6. The van der Waals surface area contributed by atoms with Gasteiger partial charge in [-0.2, -0.15) is 0 Å². The first-order valence-electron chi connectivity index (χ1n) is 6.80. The predicted molar refractivity (Wildman–Crippen MR) is 75.0 cm³/mol. The minimum absolute atomic E-state index is 0.307. The highest BCUT2D eigenvalue weighted by Gasteiger charge is 2.29. The van der Waals surface area contributed by atoms with E-state index < -0.39 is 0 Å². The van der Waals surface area contributed by atoms with Crippen LogP contribution in [0.1, 0.15) is 54.8 Å². The third-order valence-corrected chi connectivity index (χ3v) is 4.49. The van der Waals surface area contributed by atoms with Crippen LogP contribution in [0.5, 0.6) is 0 Å². The normalized spacial score (nSPS) is 16.7. The molecular formula is C13H19N5S. The van der Waals surface area contributed by atoms with Crippen molar-refractivity contribution in [3.63, 3.8) is 0 Å². The van der Waals surface area contributed by atoms with E-state index in [2.05, 4.69) is 39.0 Å². The van der Waals surface area contributed by atoms with Crippen LogP contribution in [0.4, 0.5) is 0 Å². The van der Waals surface area contributed by atoms with E-state index in [4.69, 9.17) is 0 Å². The number of thiazole rings is 1. The molecule has 2 aromatic rings. The number of aromatic nitrogens is 4. The third-order valence-electron chi connectivity index (χ3n) is 3.61. The Morgan fingerprint density at radius 2 is 2.32 bits per heavy atom. The summed E-state index contributed by atoms with van der Waals surface area (Å²) in [4.78, 5) is 4.38. The summed E-state index contributed by atoms with van der Waals surface area (Å²) < 4.78 is 2.14. The summed E-state index contributed by atoms with van der Waals surface area (Å²) in [5.41, 5.74) is 0. The third kappa shape index (κ3) is 2.69. The maximum absolute atomic E-state index is 4.38. The van der Waals surface area contributed by atoms with E-state index in [0.717, 1.165) is 29.6 Å². The van der Waals surface area contributed by atoms with Gasteiger partial charge in [-0.25, -0.2) is 4.98 Å². The van der Waals surface area contributed by atoms with Crippen LogP contribution in [0.15, 0.2) is 11.6 Å². The van der Waals surface area contributed by atoms with Gasteiger partial charge in [0.1, 0.15) is 16.7 Å². The molecule has 102 valence electrons. The zero-order valence-corrected chi connectivity index (χ0v) is 12.2. The summed E-state index contributed by atoms with van der Waals surface area (Å²) in [7, 11) is 2.06. The number of hydrogen-bond acceptors (Lipinski definition) is 5. The summed E-state index contributed by atoms with van der Waals surface area (Å²) in [5, 5.41) is 15.3. The smallest absolute Gasteiger partial charge is 0.146 e. The second kappa shape index (κ2) is 5.38. The van der Waals surface area contributed by atoms with Gasteiger partial charge in [0, 0.05) is 24.5 Å². The van der Waals surface area contributed by atoms with Crippen LogP contribution < -0.4 is 5.32 Å². The molecule has 1 N–H and O–H groups in total. The van der Waals surface area contributed by atoms with Gasteiger partial charge < -0.3 is 9.88 Å². The van der Waals surface area contributed by atoms with E-state index in [9.17, 15) is 0 Å². The van der Waals surface area contributed by atoms with Gasteiger partial charge in [-0.3, -0.25) is 0 Å². The minimum Gasteiger partial charge on any atom is -0.317 e. The van der Waals surface area contributed by atoms with Crippen molar-refractivity contribution >= 4 is 11.3 Å². The van der Waals surface area contributed by atoms with Crippen molar-refractivity contribution < 1.29 is 0 Å². The summed E-state index contributed by atoms with van der Waals surface area (Å²) >= 11 is 1.70. The van der Waals surface area contributed by atoms with Gasteiger partial charge >= 0.3 is 0 Å². The summed E-state index contributed by atoms with van der Waals surface area (Å²) in [6.07, 6.45) is 5.41. The van der Waals surface area contributed by atoms with E-state index in [1.54, 1.807) is 11.3 Å². The maximum Gasteiger partial charge on any atom is 0.146 e. The molecule has 1 fully saturated rings. The predicted octanol–water partition coefficient (Wildman–Crippen LogP) is 2.39. The summed E-state index contributed by atoms with van der Waals surface area (Å²) in [6.45, 7) is 2.92. The Bertz CT molecular complexity index is 529. The lowest BCUT2D eigenvalue weighted by Crippen LogP contribution is -2.22. The summed E-state index contributed by atoms with van der Waals surface area (Å²) in [5.74, 6) is 2.79. The second-order valence-corrected chi connectivity index (χ2v) is 5.95. The average Bonchev–Trinajstić information content (AvgIpc) is 2.98.